The van der Waals surface area contributed by atoms with Crippen molar-refractivity contribution in [2.24, 2.45) is 0 Å². The van der Waals surface area contributed by atoms with Gasteiger partial charge in [0.2, 0.25) is 5.91 Å². The van der Waals surface area contributed by atoms with Gasteiger partial charge in [0.1, 0.15) is 12.2 Å². The lowest BCUT2D eigenvalue weighted by atomic mass is 9.99. The molecule has 2 aromatic rings. The average molecular weight is 524 g/mol. The minimum atomic E-state index is -4.51. The van der Waals surface area contributed by atoms with Crippen LogP contribution in [0, 0.1) is 0 Å². The van der Waals surface area contributed by atoms with Crippen LogP contribution in [0.5, 0.6) is 0 Å². The molecule has 36 heavy (non-hydrogen) atoms. The highest BCUT2D eigenvalue weighted by atomic mass is 35.5. The Morgan fingerprint density at radius 3 is 2.53 bits per heavy atom. The fraction of sp³-hybridized carbons (Fsp3) is 0.520. The number of rotatable bonds is 4. The van der Waals surface area contributed by atoms with E-state index in [9.17, 15) is 23.1 Å². The van der Waals surface area contributed by atoms with Crippen LogP contribution in [0.15, 0.2) is 42.3 Å². The van der Waals surface area contributed by atoms with Crippen LogP contribution in [-0.2, 0) is 11.3 Å². The number of aliphatic hydroxyl groups is 1. The molecule has 1 aromatic carbocycles. The molecule has 0 atom stereocenters. The molecule has 0 bridgehead atoms. The zero-order valence-electron chi connectivity index (χ0n) is 19.8. The first-order valence-electron chi connectivity index (χ1n) is 12.3. The predicted molar refractivity (Wildman–Crippen MR) is 132 cm³/mol. The Kier molecular flexibility index (Phi) is 7.02. The van der Waals surface area contributed by atoms with Crippen LogP contribution in [0.4, 0.5) is 18.9 Å². The van der Waals surface area contributed by atoms with Gasteiger partial charge in [-0.1, -0.05) is 23.8 Å². The largest absolute Gasteiger partial charge is 0.431 e. The minimum Gasteiger partial charge on any atom is -0.393 e. The number of likely N-dealkylation sites (tertiary alicyclic amines) is 2. The zero-order chi connectivity index (χ0) is 25.4. The topological polar surface area (TPSA) is 64.8 Å². The summed E-state index contributed by atoms with van der Waals surface area (Å²) in [4.78, 5) is 18.4. The predicted octanol–water partition coefficient (Wildman–Crippen LogP) is 3.96. The summed E-state index contributed by atoms with van der Waals surface area (Å²) < 4.78 is 42.1. The van der Waals surface area contributed by atoms with E-state index in [0.717, 1.165) is 49.7 Å². The lowest BCUT2D eigenvalue weighted by molar-refractivity contribution is -0.133. The molecule has 0 radical (unpaired) electrons. The molecule has 0 unspecified atom stereocenters. The summed E-state index contributed by atoms with van der Waals surface area (Å²) >= 11 is 6.37. The third-order valence-electron chi connectivity index (χ3n) is 7.30. The Morgan fingerprint density at radius 2 is 1.83 bits per heavy atom. The standard InChI is InChI=1S/C25H29ClF3N5O2/c26-20-14-21-17(13-22(20)34-8-2-1-3-23(34)25(27,28)29)15-33(30-21)16-24(36)32-9-4-18(5-10-32)31-11-6-19(35)7-12-31/h1-3,13-15,18-19,35H,4-12,16H2. The van der Waals surface area contributed by atoms with E-state index >= 15 is 0 Å². The monoisotopic (exact) mass is 523 g/mol. The highest BCUT2D eigenvalue weighted by Gasteiger charge is 2.39. The molecule has 3 aliphatic rings. The van der Waals surface area contributed by atoms with Crippen molar-refractivity contribution < 1.29 is 23.1 Å². The van der Waals surface area contributed by atoms with E-state index in [2.05, 4.69) is 10.00 Å². The highest BCUT2D eigenvalue weighted by Crippen LogP contribution is 2.38. The zero-order valence-corrected chi connectivity index (χ0v) is 20.5. The summed E-state index contributed by atoms with van der Waals surface area (Å²) in [5, 5.41) is 14.9. The van der Waals surface area contributed by atoms with Gasteiger partial charge in [0, 0.05) is 50.3 Å². The fourth-order valence-corrected chi connectivity index (χ4v) is 5.59. The molecule has 3 aliphatic heterocycles. The summed E-state index contributed by atoms with van der Waals surface area (Å²) in [7, 11) is 0. The van der Waals surface area contributed by atoms with E-state index in [-0.39, 0.29) is 35.8 Å². The van der Waals surface area contributed by atoms with Gasteiger partial charge in [0.15, 0.2) is 0 Å². The molecule has 0 saturated carbocycles. The number of benzene rings is 1. The summed E-state index contributed by atoms with van der Waals surface area (Å²) in [5.41, 5.74) is -0.0131. The Bertz CT molecular complexity index is 1180. The Morgan fingerprint density at radius 1 is 1.11 bits per heavy atom. The third-order valence-corrected chi connectivity index (χ3v) is 7.60. The van der Waals surface area contributed by atoms with Gasteiger partial charge >= 0.3 is 6.18 Å². The number of alkyl halides is 3. The van der Waals surface area contributed by atoms with Crippen molar-refractivity contribution in [1.29, 1.82) is 0 Å². The number of piperidine rings is 2. The number of aliphatic hydroxyl groups excluding tert-OH is 1. The van der Waals surface area contributed by atoms with Crippen molar-refractivity contribution in [3.05, 3.63) is 47.3 Å². The van der Waals surface area contributed by atoms with Gasteiger partial charge in [-0.15, -0.1) is 0 Å². The number of hydrogen-bond donors (Lipinski definition) is 1. The van der Waals surface area contributed by atoms with Crippen LogP contribution >= 0.6 is 11.6 Å². The molecule has 1 aromatic heterocycles. The van der Waals surface area contributed by atoms with Gasteiger partial charge in [-0.2, -0.15) is 18.3 Å². The summed E-state index contributed by atoms with van der Waals surface area (Å²) in [5.74, 6) is -0.0369. The smallest absolute Gasteiger partial charge is 0.393 e. The molecule has 0 spiro atoms. The van der Waals surface area contributed by atoms with Crippen LogP contribution in [0.2, 0.25) is 5.02 Å². The van der Waals surface area contributed by atoms with E-state index in [0.29, 0.717) is 30.0 Å². The number of carbonyl (C=O) groups is 1. The number of amides is 1. The van der Waals surface area contributed by atoms with Crippen molar-refractivity contribution >= 4 is 34.1 Å². The number of aromatic nitrogens is 2. The lowest BCUT2D eigenvalue weighted by Crippen LogP contribution is -2.50. The molecule has 5 rings (SSSR count). The van der Waals surface area contributed by atoms with Crippen LogP contribution in [0.1, 0.15) is 25.7 Å². The number of halogens is 4. The van der Waals surface area contributed by atoms with E-state index in [1.54, 1.807) is 24.4 Å². The molecule has 194 valence electrons. The summed E-state index contributed by atoms with van der Waals surface area (Å²) in [6.45, 7) is 3.26. The van der Waals surface area contributed by atoms with E-state index in [4.69, 9.17) is 11.6 Å². The van der Waals surface area contributed by atoms with Crippen molar-refractivity contribution in [3.63, 3.8) is 0 Å². The third kappa shape index (κ3) is 5.26. The first kappa shape index (κ1) is 25.1. The Labute approximate surface area is 212 Å². The van der Waals surface area contributed by atoms with Gasteiger partial charge in [-0.25, -0.2) is 0 Å². The second kappa shape index (κ2) is 10.1. The Balaban J connectivity index is 1.25. The van der Waals surface area contributed by atoms with Crippen LogP contribution in [0.3, 0.4) is 0 Å². The number of anilines is 1. The highest BCUT2D eigenvalue weighted by molar-refractivity contribution is 6.34. The average Bonchev–Trinajstić information content (AvgIpc) is 3.24. The molecule has 7 nitrogen and oxygen atoms in total. The molecule has 1 amide bonds. The number of fused-ring (bicyclic) bond motifs is 1. The van der Waals surface area contributed by atoms with Gasteiger partial charge in [-0.3, -0.25) is 9.48 Å². The number of carbonyl (C=O) groups excluding carboxylic acids is 1. The molecule has 11 heteroatoms. The van der Waals surface area contributed by atoms with Crippen LogP contribution in [0.25, 0.3) is 10.9 Å². The first-order valence-corrected chi connectivity index (χ1v) is 12.6. The van der Waals surface area contributed by atoms with Crippen molar-refractivity contribution in [1.82, 2.24) is 19.6 Å². The van der Waals surface area contributed by atoms with E-state index < -0.39 is 11.9 Å². The summed E-state index contributed by atoms with van der Waals surface area (Å²) in [6.07, 6.45) is 4.44. The van der Waals surface area contributed by atoms with E-state index in [1.807, 2.05) is 4.90 Å². The molecule has 2 saturated heterocycles. The van der Waals surface area contributed by atoms with Crippen LogP contribution < -0.4 is 4.90 Å². The van der Waals surface area contributed by atoms with Crippen molar-refractivity contribution in [2.75, 3.05) is 37.6 Å². The number of allylic oxidation sites excluding steroid dienone is 3. The van der Waals surface area contributed by atoms with Crippen LogP contribution in [-0.4, -0.2) is 81.6 Å². The van der Waals surface area contributed by atoms with Gasteiger partial charge in [0.05, 0.1) is 22.3 Å². The van der Waals surface area contributed by atoms with E-state index in [1.165, 1.54) is 10.8 Å². The molecule has 1 N–H and O–H groups in total. The number of nitrogens with zero attached hydrogens (tertiary/aromatic N) is 5. The second-order valence-corrected chi connectivity index (χ2v) is 10.1. The quantitative estimate of drug-likeness (QED) is 0.657. The van der Waals surface area contributed by atoms with Crippen molar-refractivity contribution in [3.8, 4) is 0 Å². The maximum atomic E-state index is 13.5. The fourth-order valence-electron chi connectivity index (χ4n) is 5.33. The maximum Gasteiger partial charge on any atom is 0.431 e. The molecular weight excluding hydrogens is 495 g/mol. The SMILES string of the molecule is O=C(Cn1cc2cc(N3CC=CC=C3C(F)(F)F)c(Cl)cc2n1)N1CCC(N2CCC(O)CC2)CC1. The summed E-state index contributed by atoms with van der Waals surface area (Å²) in [6, 6.07) is 3.57. The lowest BCUT2D eigenvalue weighted by Gasteiger charge is -2.41. The maximum absolute atomic E-state index is 13.5. The molecule has 4 heterocycles. The molecular formula is C25H29ClF3N5O2. The number of hydrogen-bond acceptors (Lipinski definition) is 5. The first-order chi connectivity index (χ1) is 17.2. The normalized spacial score (nSPS) is 20.9. The Hall–Kier alpha value is -2.56. The minimum absolute atomic E-state index is 0.0369. The molecule has 2 fully saturated rings. The van der Waals surface area contributed by atoms with Gasteiger partial charge in [-0.05, 0) is 43.9 Å². The molecule has 0 aliphatic carbocycles. The van der Waals surface area contributed by atoms with Gasteiger partial charge < -0.3 is 19.8 Å². The second-order valence-electron chi connectivity index (χ2n) is 9.66. The van der Waals surface area contributed by atoms with Crippen molar-refractivity contribution in [2.45, 2.75) is 50.6 Å². The van der Waals surface area contributed by atoms with Gasteiger partial charge in [0.25, 0.3) is 0 Å².